The van der Waals surface area contributed by atoms with Crippen LogP contribution in [-0.4, -0.2) is 20.4 Å². The van der Waals surface area contributed by atoms with E-state index in [-0.39, 0.29) is 5.82 Å². The van der Waals surface area contributed by atoms with Gasteiger partial charge in [0, 0.05) is 11.6 Å². The van der Waals surface area contributed by atoms with E-state index >= 15 is 0 Å². The summed E-state index contributed by atoms with van der Waals surface area (Å²) in [5.41, 5.74) is 3.74. The van der Waals surface area contributed by atoms with Gasteiger partial charge in [-0.2, -0.15) is 10.2 Å². The van der Waals surface area contributed by atoms with Crippen LogP contribution in [0.1, 0.15) is 23.1 Å². The van der Waals surface area contributed by atoms with Gasteiger partial charge in [-0.05, 0) is 42.2 Å². The van der Waals surface area contributed by atoms with E-state index in [2.05, 4.69) is 37.2 Å². The number of anilines is 1. The maximum atomic E-state index is 13.0. The van der Waals surface area contributed by atoms with Gasteiger partial charge in [-0.15, -0.1) is 11.8 Å². The summed E-state index contributed by atoms with van der Waals surface area (Å²) in [5.74, 6) is 0.566. The van der Waals surface area contributed by atoms with Crippen molar-refractivity contribution in [2.75, 3.05) is 5.32 Å². The minimum Gasteiger partial charge on any atom is -0.363 e. The molecule has 0 saturated carbocycles. The van der Waals surface area contributed by atoms with Gasteiger partial charge in [0.15, 0.2) is 0 Å². The number of allylic oxidation sites excluding steroid dienone is 1. The summed E-state index contributed by atoms with van der Waals surface area (Å²) < 4.78 is 13.0. The molecule has 7 heteroatoms. The average Bonchev–Trinajstić information content (AvgIpc) is 3.34. The number of aromatic nitrogens is 4. The number of halogens is 1. The number of H-pyrrole nitrogens is 2. The molecule has 1 unspecified atom stereocenters. The van der Waals surface area contributed by atoms with Gasteiger partial charge in [-0.3, -0.25) is 10.2 Å². The van der Waals surface area contributed by atoms with Gasteiger partial charge >= 0.3 is 0 Å². The first kappa shape index (κ1) is 15.0. The molecular weight excluding hydrogens is 325 g/mol. The second kappa shape index (κ2) is 6.52. The Morgan fingerprint density at radius 1 is 1.17 bits per heavy atom. The molecule has 3 aromatic rings. The van der Waals surface area contributed by atoms with Crippen LogP contribution in [0.3, 0.4) is 0 Å². The first-order valence-electron chi connectivity index (χ1n) is 7.68. The van der Waals surface area contributed by atoms with Crippen molar-refractivity contribution in [3.05, 3.63) is 65.1 Å². The summed E-state index contributed by atoms with van der Waals surface area (Å²) in [7, 11) is 0. The summed E-state index contributed by atoms with van der Waals surface area (Å²) in [4.78, 5) is 0. The molecule has 122 valence electrons. The molecule has 24 heavy (non-hydrogen) atoms. The van der Waals surface area contributed by atoms with Crippen molar-refractivity contribution in [2.45, 2.75) is 18.2 Å². The molecule has 1 aliphatic heterocycles. The molecule has 0 amide bonds. The van der Waals surface area contributed by atoms with Gasteiger partial charge in [0.2, 0.25) is 0 Å². The molecule has 1 aliphatic rings. The molecule has 0 saturated heterocycles. The highest BCUT2D eigenvalue weighted by Gasteiger charge is 2.16. The molecule has 0 radical (unpaired) electrons. The molecular formula is C17H16FN5S. The average molecular weight is 341 g/mol. The van der Waals surface area contributed by atoms with Crippen LogP contribution < -0.4 is 5.32 Å². The Morgan fingerprint density at radius 2 is 2.04 bits per heavy atom. The molecule has 0 aliphatic carbocycles. The van der Waals surface area contributed by atoms with E-state index in [0.717, 1.165) is 34.9 Å². The van der Waals surface area contributed by atoms with Crippen LogP contribution in [0.25, 0.3) is 11.3 Å². The third-order valence-electron chi connectivity index (χ3n) is 3.86. The molecule has 5 nitrogen and oxygen atoms in total. The highest BCUT2D eigenvalue weighted by molar-refractivity contribution is 8.02. The second-order valence-corrected chi connectivity index (χ2v) is 6.69. The Morgan fingerprint density at radius 3 is 2.83 bits per heavy atom. The van der Waals surface area contributed by atoms with E-state index < -0.39 is 0 Å². The topological polar surface area (TPSA) is 69.4 Å². The predicted octanol–water partition coefficient (Wildman–Crippen LogP) is 4.24. The summed E-state index contributed by atoms with van der Waals surface area (Å²) in [5, 5.41) is 20.5. The SMILES string of the molecule is Fc1ccc(-c2cc(CNc3cc(C4CC=CS4)[nH]n3)[nH]n2)cc1. The van der Waals surface area contributed by atoms with Crippen LogP contribution in [0.15, 0.2) is 47.9 Å². The van der Waals surface area contributed by atoms with Gasteiger partial charge in [-0.25, -0.2) is 4.39 Å². The van der Waals surface area contributed by atoms with E-state index in [9.17, 15) is 4.39 Å². The summed E-state index contributed by atoms with van der Waals surface area (Å²) in [6.45, 7) is 0.592. The van der Waals surface area contributed by atoms with E-state index in [1.165, 1.54) is 12.1 Å². The number of hydrogen-bond acceptors (Lipinski definition) is 4. The van der Waals surface area contributed by atoms with Crippen LogP contribution in [-0.2, 0) is 6.54 Å². The lowest BCUT2D eigenvalue weighted by Gasteiger charge is -2.03. The zero-order chi connectivity index (χ0) is 16.4. The highest BCUT2D eigenvalue weighted by atomic mass is 32.2. The molecule has 1 aromatic carbocycles. The second-order valence-electron chi connectivity index (χ2n) is 5.58. The van der Waals surface area contributed by atoms with Crippen LogP contribution in [0.5, 0.6) is 0 Å². The van der Waals surface area contributed by atoms with Crippen molar-refractivity contribution < 1.29 is 4.39 Å². The normalized spacial score (nSPS) is 16.6. The maximum absolute atomic E-state index is 13.0. The van der Waals surface area contributed by atoms with Crippen molar-refractivity contribution in [1.29, 1.82) is 0 Å². The number of nitrogens with one attached hydrogen (secondary N) is 3. The Balaban J connectivity index is 1.39. The van der Waals surface area contributed by atoms with E-state index in [1.54, 1.807) is 23.9 Å². The first-order chi connectivity index (χ1) is 11.8. The van der Waals surface area contributed by atoms with Gasteiger partial charge in [0.05, 0.1) is 28.9 Å². The van der Waals surface area contributed by atoms with Crippen molar-refractivity contribution in [3.63, 3.8) is 0 Å². The number of hydrogen-bond donors (Lipinski definition) is 3. The quantitative estimate of drug-likeness (QED) is 0.649. The minimum atomic E-state index is -0.249. The van der Waals surface area contributed by atoms with E-state index in [0.29, 0.717) is 11.8 Å². The zero-order valence-electron chi connectivity index (χ0n) is 12.8. The molecule has 3 heterocycles. The molecule has 3 N–H and O–H groups in total. The maximum Gasteiger partial charge on any atom is 0.148 e. The minimum absolute atomic E-state index is 0.249. The fraction of sp³-hybridized carbons (Fsp3) is 0.176. The number of aromatic amines is 2. The number of thioether (sulfide) groups is 1. The number of rotatable bonds is 5. The number of benzene rings is 1. The lowest BCUT2D eigenvalue weighted by molar-refractivity contribution is 0.628. The van der Waals surface area contributed by atoms with Crippen LogP contribution in [0.4, 0.5) is 10.2 Å². The molecule has 4 rings (SSSR count). The highest BCUT2D eigenvalue weighted by Crippen LogP contribution is 2.37. The standard InChI is InChI=1S/C17H16FN5S/c18-12-5-3-11(4-6-12)14-8-13(20-21-14)10-19-17-9-15(22-23-17)16-2-1-7-24-16/h1,3-9,16H,2,10H2,(H,20,21)(H2,19,22,23). The molecule has 1 atom stereocenters. The fourth-order valence-electron chi connectivity index (χ4n) is 2.58. The smallest absolute Gasteiger partial charge is 0.148 e. The van der Waals surface area contributed by atoms with Crippen molar-refractivity contribution >= 4 is 17.6 Å². The Bertz CT molecular complexity index is 844. The largest absolute Gasteiger partial charge is 0.363 e. The fourth-order valence-corrected chi connectivity index (χ4v) is 3.49. The van der Waals surface area contributed by atoms with Crippen LogP contribution in [0.2, 0.25) is 0 Å². The van der Waals surface area contributed by atoms with Crippen molar-refractivity contribution in [3.8, 4) is 11.3 Å². The van der Waals surface area contributed by atoms with Gasteiger partial charge in [-0.1, -0.05) is 6.08 Å². The van der Waals surface area contributed by atoms with Gasteiger partial charge in [0.1, 0.15) is 11.6 Å². The Kier molecular flexibility index (Phi) is 4.08. The van der Waals surface area contributed by atoms with E-state index in [1.807, 2.05) is 12.1 Å². The zero-order valence-corrected chi connectivity index (χ0v) is 13.6. The van der Waals surface area contributed by atoms with Gasteiger partial charge < -0.3 is 5.32 Å². The van der Waals surface area contributed by atoms with Crippen LogP contribution >= 0.6 is 11.8 Å². The lowest BCUT2D eigenvalue weighted by atomic mass is 10.1. The summed E-state index contributed by atoms with van der Waals surface area (Å²) in [6, 6.07) is 10.3. The molecule has 0 fully saturated rings. The Labute approximate surface area is 142 Å². The summed E-state index contributed by atoms with van der Waals surface area (Å²) in [6.07, 6.45) is 3.21. The first-order valence-corrected chi connectivity index (χ1v) is 8.62. The molecule has 0 bridgehead atoms. The van der Waals surface area contributed by atoms with Crippen LogP contribution in [0, 0.1) is 5.82 Å². The van der Waals surface area contributed by atoms with Crippen molar-refractivity contribution in [1.82, 2.24) is 20.4 Å². The van der Waals surface area contributed by atoms with E-state index in [4.69, 9.17) is 0 Å². The monoisotopic (exact) mass is 341 g/mol. The molecule has 0 spiro atoms. The Hall–Kier alpha value is -2.54. The lowest BCUT2D eigenvalue weighted by Crippen LogP contribution is -1.99. The van der Waals surface area contributed by atoms with Crippen molar-refractivity contribution in [2.24, 2.45) is 0 Å². The third-order valence-corrected chi connectivity index (χ3v) is 4.99. The summed E-state index contributed by atoms with van der Waals surface area (Å²) >= 11 is 1.80. The third kappa shape index (κ3) is 3.21. The number of nitrogens with zero attached hydrogens (tertiary/aromatic N) is 2. The molecule has 2 aromatic heterocycles. The predicted molar refractivity (Wildman–Crippen MR) is 94.0 cm³/mol. The van der Waals surface area contributed by atoms with Gasteiger partial charge in [0.25, 0.3) is 0 Å².